The Morgan fingerprint density at radius 3 is 2.62 bits per heavy atom. The van der Waals surface area contributed by atoms with Crippen molar-refractivity contribution in [3.8, 4) is 6.07 Å². The van der Waals surface area contributed by atoms with Crippen LogP contribution < -0.4 is 5.32 Å². The lowest BCUT2D eigenvalue weighted by atomic mass is 9.97. The zero-order chi connectivity index (χ0) is 12.2. The molecule has 0 aliphatic carbocycles. The number of nitrogens with one attached hydrogen (secondary N) is 1. The van der Waals surface area contributed by atoms with Crippen LogP contribution in [0, 0.1) is 22.6 Å². The molecule has 0 spiro atoms. The van der Waals surface area contributed by atoms with Crippen LogP contribution in [0.4, 0.5) is 4.39 Å². The summed E-state index contributed by atoms with van der Waals surface area (Å²) in [5.74, 6) is -0.299. The Balaban J connectivity index is 2.67. The van der Waals surface area contributed by atoms with Gasteiger partial charge in [0.15, 0.2) is 0 Å². The van der Waals surface area contributed by atoms with Crippen molar-refractivity contribution in [2.75, 3.05) is 6.54 Å². The van der Waals surface area contributed by atoms with Gasteiger partial charge in [0.1, 0.15) is 5.82 Å². The highest BCUT2D eigenvalue weighted by Crippen LogP contribution is 2.13. The summed E-state index contributed by atoms with van der Waals surface area (Å²) in [6, 6.07) is 6.30. The smallest absolute Gasteiger partial charge is 0.123 e. The lowest BCUT2D eigenvalue weighted by Gasteiger charge is -2.19. The van der Waals surface area contributed by atoms with E-state index in [0.717, 1.165) is 6.54 Å². The lowest BCUT2D eigenvalue weighted by molar-refractivity contribution is 0.379. The van der Waals surface area contributed by atoms with Crippen molar-refractivity contribution < 1.29 is 4.39 Å². The van der Waals surface area contributed by atoms with Crippen molar-refractivity contribution in [3.05, 3.63) is 35.1 Å². The molecule has 0 aromatic heterocycles. The fraction of sp³-hybridized carbons (Fsp3) is 0.462. The molecule has 0 saturated heterocycles. The quantitative estimate of drug-likeness (QED) is 0.850. The summed E-state index contributed by atoms with van der Waals surface area (Å²) in [5.41, 5.74) is 1.43. The van der Waals surface area contributed by atoms with Crippen molar-refractivity contribution in [1.82, 2.24) is 5.32 Å². The molecule has 1 rings (SSSR count). The molecule has 0 aliphatic heterocycles. The molecule has 2 nitrogen and oxygen atoms in total. The van der Waals surface area contributed by atoms with E-state index in [0.29, 0.717) is 17.7 Å². The zero-order valence-electron chi connectivity index (χ0n) is 9.97. The number of halogens is 1. The predicted octanol–water partition coefficient (Wildman–Crippen LogP) is 2.83. The standard InChI is InChI=1S/C13H17FN2/c1-13(2,3)9-16-8-11-6-12(14)5-4-10(11)7-15/h4-6,16H,8-9H2,1-3H3. The van der Waals surface area contributed by atoms with Gasteiger partial charge in [-0.25, -0.2) is 4.39 Å². The van der Waals surface area contributed by atoms with Gasteiger partial charge in [-0.3, -0.25) is 0 Å². The zero-order valence-corrected chi connectivity index (χ0v) is 9.97. The predicted molar refractivity (Wildman–Crippen MR) is 62.3 cm³/mol. The minimum Gasteiger partial charge on any atom is -0.312 e. The second-order valence-electron chi connectivity index (χ2n) is 5.08. The monoisotopic (exact) mass is 220 g/mol. The van der Waals surface area contributed by atoms with E-state index >= 15 is 0 Å². The molecule has 0 bridgehead atoms. The third-order valence-electron chi connectivity index (χ3n) is 2.16. The Hall–Kier alpha value is -1.40. The van der Waals surface area contributed by atoms with E-state index in [1.165, 1.54) is 18.2 Å². The van der Waals surface area contributed by atoms with Crippen molar-refractivity contribution in [2.24, 2.45) is 5.41 Å². The minimum absolute atomic E-state index is 0.181. The van der Waals surface area contributed by atoms with Crippen LogP contribution >= 0.6 is 0 Å². The first-order chi connectivity index (χ1) is 7.42. The summed E-state index contributed by atoms with van der Waals surface area (Å²) in [6.07, 6.45) is 0. The first kappa shape index (κ1) is 12.7. The highest BCUT2D eigenvalue weighted by Gasteiger charge is 2.10. The highest BCUT2D eigenvalue weighted by atomic mass is 19.1. The highest BCUT2D eigenvalue weighted by molar-refractivity contribution is 5.37. The Labute approximate surface area is 96.1 Å². The number of nitrogens with zero attached hydrogens (tertiary/aromatic N) is 1. The molecular formula is C13H17FN2. The number of nitriles is 1. The summed E-state index contributed by atoms with van der Waals surface area (Å²) in [5, 5.41) is 12.1. The fourth-order valence-electron chi connectivity index (χ4n) is 1.39. The third-order valence-corrected chi connectivity index (χ3v) is 2.16. The van der Waals surface area contributed by atoms with Gasteiger partial charge in [0.05, 0.1) is 11.6 Å². The molecule has 1 N–H and O–H groups in total. The minimum atomic E-state index is -0.299. The van der Waals surface area contributed by atoms with E-state index in [1.807, 2.05) is 0 Å². The van der Waals surface area contributed by atoms with E-state index in [-0.39, 0.29) is 11.2 Å². The molecule has 0 heterocycles. The van der Waals surface area contributed by atoms with Gasteiger partial charge in [0.2, 0.25) is 0 Å². The van der Waals surface area contributed by atoms with Gasteiger partial charge in [-0.1, -0.05) is 20.8 Å². The molecule has 0 saturated carbocycles. The van der Waals surface area contributed by atoms with Gasteiger partial charge in [-0.2, -0.15) is 5.26 Å². The van der Waals surface area contributed by atoms with Crippen LogP contribution in [0.1, 0.15) is 31.9 Å². The maximum Gasteiger partial charge on any atom is 0.123 e. The Morgan fingerprint density at radius 1 is 1.38 bits per heavy atom. The molecule has 0 atom stereocenters. The van der Waals surface area contributed by atoms with Crippen LogP contribution in [0.2, 0.25) is 0 Å². The summed E-state index contributed by atoms with van der Waals surface area (Å²) in [6.45, 7) is 7.72. The molecule has 16 heavy (non-hydrogen) atoms. The van der Waals surface area contributed by atoms with Gasteiger partial charge >= 0.3 is 0 Å². The average molecular weight is 220 g/mol. The van der Waals surface area contributed by atoms with Crippen molar-refractivity contribution in [3.63, 3.8) is 0 Å². The van der Waals surface area contributed by atoms with Crippen molar-refractivity contribution in [1.29, 1.82) is 5.26 Å². The molecule has 1 aromatic rings. The van der Waals surface area contributed by atoms with Crippen LogP contribution in [0.3, 0.4) is 0 Å². The van der Waals surface area contributed by atoms with Gasteiger partial charge in [-0.05, 0) is 29.2 Å². The lowest BCUT2D eigenvalue weighted by Crippen LogP contribution is -2.26. The van der Waals surface area contributed by atoms with Crippen molar-refractivity contribution in [2.45, 2.75) is 27.3 Å². The molecule has 3 heteroatoms. The second-order valence-corrected chi connectivity index (χ2v) is 5.08. The number of hydrogen-bond acceptors (Lipinski definition) is 2. The van der Waals surface area contributed by atoms with Gasteiger partial charge in [0.25, 0.3) is 0 Å². The number of benzene rings is 1. The van der Waals surface area contributed by atoms with Gasteiger partial charge in [0, 0.05) is 13.1 Å². The van der Waals surface area contributed by atoms with E-state index in [2.05, 4.69) is 32.2 Å². The Kier molecular flexibility index (Phi) is 4.03. The van der Waals surface area contributed by atoms with Crippen LogP contribution in [-0.2, 0) is 6.54 Å². The number of rotatable bonds is 3. The first-order valence-corrected chi connectivity index (χ1v) is 5.31. The summed E-state index contributed by atoms with van der Waals surface area (Å²) in [7, 11) is 0. The second kappa shape index (κ2) is 5.09. The van der Waals surface area contributed by atoms with E-state index in [1.54, 1.807) is 0 Å². The molecule has 0 fully saturated rings. The number of hydrogen-bond donors (Lipinski definition) is 1. The summed E-state index contributed by atoms with van der Waals surface area (Å²) < 4.78 is 13.0. The molecule has 0 aliphatic rings. The maximum absolute atomic E-state index is 13.0. The Bertz CT molecular complexity index is 399. The average Bonchev–Trinajstić information content (AvgIpc) is 2.16. The summed E-state index contributed by atoms with van der Waals surface area (Å²) >= 11 is 0. The SMILES string of the molecule is CC(C)(C)CNCc1cc(F)ccc1C#N. The van der Waals surface area contributed by atoms with Crippen molar-refractivity contribution >= 4 is 0 Å². The molecule has 0 unspecified atom stereocenters. The third kappa shape index (κ3) is 4.00. The largest absolute Gasteiger partial charge is 0.312 e. The van der Waals surface area contributed by atoms with Crippen LogP contribution in [0.25, 0.3) is 0 Å². The van der Waals surface area contributed by atoms with Crippen LogP contribution in [0.5, 0.6) is 0 Å². The van der Waals surface area contributed by atoms with E-state index < -0.39 is 0 Å². The van der Waals surface area contributed by atoms with E-state index in [4.69, 9.17) is 5.26 Å². The topological polar surface area (TPSA) is 35.8 Å². The van der Waals surface area contributed by atoms with Gasteiger partial charge < -0.3 is 5.32 Å². The maximum atomic E-state index is 13.0. The molecule has 1 aromatic carbocycles. The Morgan fingerprint density at radius 2 is 2.06 bits per heavy atom. The van der Waals surface area contributed by atoms with Crippen LogP contribution in [0.15, 0.2) is 18.2 Å². The fourth-order valence-corrected chi connectivity index (χ4v) is 1.39. The van der Waals surface area contributed by atoms with Gasteiger partial charge in [-0.15, -0.1) is 0 Å². The molecular weight excluding hydrogens is 203 g/mol. The molecule has 86 valence electrons. The molecule has 0 amide bonds. The van der Waals surface area contributed by atoms with E-state index in [9.17, 15) is 4.39 Å². The summed E-state index contributed by atoms with van der Waals surface area (Å²) in [4.78, 5) is 0. The van der Waals surface area contributed by atoms with Crippen LogP contribution in [-0.4, -0.2) is 6.54 Å². The molecule has 0 radical (unpaired) electrons. The first-order valence-electron chi connectivity index (χ1n) is 5.31. The normalized spacial score (nSPS) is 11.2.